The number of benzene rings is 1. The maximum absolute atomic E-state index is 8.68. The molecule has 0 amide bonds. The van der Waals surface area contributed by atoms with Gasteiger partial charge in [-0.3, -0.25) is 0 Å². The maximum Gasteiger partial charge on any atom is 0.101 e. The third-order valence-corrected chi connectivity index (χ3v) is 1.71. The molecule has 0 unspecified atom stereocenters. The number of rotatable bonds is 0. The summed E-state index contributed by atoms with van der Waals surface area (Å²) >= 11 is 0. The summed E-state index contributed by atoms with van der Waals surface area (Å²) in [6.45, 7) is 4.00. The SMILES string of the molecule is CC.N#Cc1cccc2cc[nH]c12. The predicted octanol–water partition coefficient (Wildman–Crippen LogP) is 3.07. The third-order valence-electron chi connectivity index (χ3n) is 1.71. The fourth-order valence-electron chi connectivity index (χ4n) is 1.18. The summed E-state index contributed by atoms with van der Waals surface area (Å²) in [6.07, 6.45) is 1.84. The Morgan fingerprint density at radius 2 is 2.00 bits per heavy atom. The van der Waals surface area contributed by atoms with Crippen molar-refractivity contribution in [2.75, 3.05) is 0 Å². The first-order chi connectivity index (χ1) is 6.42. The van der Waals surface area contributed by atoms with Crippen LogP contribution in [0.15, 0.2) is 30.5 Å². The minimum absolute atomic E-state index is 0.701. The summed E-state index contributed by atoms with van der Waals surface area (Å²) in [5, 5.41) is 9.77. The Morgan fingerprint density at radius 1 is 1.23 bits per heavy atom. The molecule has 0 spiro atoms. The molecule has 2 rings (SSSR count). The summed E-state index contributed by atoms with van der Waals surface area (Å²) in [5.74, 6) is 0. The molecule has 2 heteroatoms. The van der Waals surface area contributed by atoms with Gasteiger partial charge in [0.25, 0.3) is 0 Å². The number of para-hydroxylation sites is 1. The molecule has 1 heterocycles. The van der Waals surface area contributed by atoms with E-state index in [1.165, 1.54) is 0 Å². The van der Waals surface area contributed by atoms with Crippen LogP contribution >= 0.6 is 0 Å². The number of nitrogens with one attached hydrogen (secondary N) is 1. The van der Waals surface area contributed by atoms with Crippen LogP contribution in [0.1, 0.15) is 19.4 Å². The molecule has 13 heavy (non-hydrogen) atoms. The summed E-state index contributed by atoms with van der Waals surface area (Å²) in [5.41, 5.74) is 1.63. The van der Waals surface area contributed by atoms with Crippen LogP contribution in [0, 0.1) is 11.3 Å². The molecule has 0 aliphatic heterocycles. The molecule has 1 N–H and O–H groups in total. The largest absolute Gasteiger partial charge is 0.360 e. The van der Waals surface area contributed by atoms with Crippen molar-refractivity contribution in [1.82, 2.24) is 4.98 Å². The van der Waals surface area contributed by atoms with Gasteiger partial charge in [0.05, 0.1) is 11.1 Å². The summed E-state index contributed by atoms with van der Waals surface area (Å²) in [7, 11) is 0. The Kier molecular flexibility index (Phi) is 3.10. The minimum Gasteiger partial charge on any atom is -0.360 e. The summed E-state index contributed by atoms with van der Waals surface area (Å²) < 4.78 is 0. The molecule has 0 saturated carbocycles. The van der Waals surface area contributed by atoms with Crippen LogP contribution in [-0.2, 0) is 0 Å². The maximum atomic E-state index is 8.68. The molecular weight excluding hydrogens is 160 g/mol. The first kappa shape index (κ1) is 9.34. The molecule has 1 aromatic carbocycles. The lowest BCUT2D eigenvalue weighted by molar-refractivity contribution is 1.44. The fraction of sp³-hybridized carbons (Fsp3) is 0.182. The van der Waals surface area contributed by atoms with Crippen LogP contribution in [0.2, 0.25) is 0 Å². The number of aromatic amines is 1. The second kappa shape index (κ2) is 4.32. The van der Waals surface area contributed by atoms with Crippen molar-refractivity contribution in [3.63, 3.8) is 0 Å². The topological polar surface area (TPSA) is 39.6 Å². The van der Waals surface area contributed by atoms with E-state index in [1.54, 1.807) is 6.07 Å². The molecule has 0 fully saturated rings. The molecule has 0 saturated heterocycles. The van der Waals surface area contributed by atoms with Gasteiger partial charge in [0.2, 0.25) is 0 Å². The molecule has 0 radical (unpaired) electrons. The molecule has 0 bridgehead atoms. The van der Waals surface area contributed by atoms with E-state index in [0.29, 0.717) is 5.56 Å². The highest BCUT2D eigenvalue weighted by atomic mass is 14.7. The standard InChI is InChI=1S/C9H6N2.C2H6/c10-6-8-3-1-2-7-4-5-11-9(7)8;1-2/h1-5,11H;1-2H3. The molecule has 66 valence electrons. The van der Waals surface area contributed by atoms with E-state index < -0.39 is 0 Å². The third kappa shape index (κ3) is 1.70. The highest BCUT2D eigenvalue weighted by Crippen LogP contribution is 2.15. The molecule has 0 atom stereocenters. The zero-order valence-corrected chi connectivity index (χ0v) is 7.83. The van der Waals surface area contributed by atoms with Crippen LogP contribution in [0.3, 0.4) is 0 Å². The highest BCUT2D eigenvalue weighted by molar-refractivity contribution is 5.84. The Balaban J connectivity index is 0.000000396. The fourth-order valence-corrected chi connectivity index (χ4v) is 1.18. The van der Waals surface area contributed by atoms with Crippen LogP contribution in [-0.4, -0.2) is 4.98 Å². The Hall–Kier alpha value is -1.75. The second-order valence-electron chi connectivity index (χ2n) is 2.36. The van der Waals surface area contributed by atoms with Crippen LogP contribution in [0.25, 0.3) is 10.9 Å². The number of H-pyrrole nitrogens is 1. The number of nitrogens with zero attached hydrogens (tertiary/aromatic N) is 1. The first-order valence-electron chi connectivity index (χ1n) is 4.38. The summed E-state index contributed by atoms with van der Waals surface area (Å²) in [4.78, 5) is 3.02. The molecule has 1 aromatic heterocycles. The van der Waals surface area contributed by atoms with Gasteiger partial charge in [-0.15, -0.1) is 0 Å². The molecule has 2 aromatic rings. The monoisotopic (exact) mass is 172 g/mol. The van der Waals surface area contributed by atoms with Gasteiger partial charge in [-0.25, -0.2) is 0 Å². The molecule has 0 aliphatic carbocycles. The number of hydrogen-bond donors (Lipinski definition) is 1. The average Bonchev–Trinajstić information content (AvgIpc) is 2.68. The Morgan fingerprint density at radius 3 is 2.69 bits per heavy atom. The van der Waals surface area contributed by atoms with Gasteiger partial charge in [-0.2, -0.15) is 5.26 Å². The van der Waals surface area contributed by atoms with Crippen molar-refractivity contribution in [3.05, 3.63) is 36.0 Å². The zero-order chi connectivity index (χ0) is 9.68. The predicted molar refractivity (Wildman–Crippen MR) is 54.4 cm³/mol. The second-order valence-corrected chi connectivity index (χ2v) is 2.36. The van der Waals surface area contributed by atoms with Gasteiger partial charge in [0, 0.05) is 11.6 Å². The van der Waals surface area contributed by atoms with Gasteiger partial charge in [0.15, 0.2) is 0 Å². The van der Waals surface area contributed by atoms with Gasteiger partial charge >= 0.3 is 0 Å². The number of fused-ring (bicyclic) bond motifs is 1. The quantitative estimate of drug-likeness (QED) is 0.651. The Labute approximate surface area is 77.8 Å². The normalized spacial score (nSPS) is 8.69. The summed E-state index contributed by atoms with van der Waals surface area (Å²) in [6, 6.07) is 9.75. The molecule has 2 nitrogen and oxygen atoms in total. The van der Waals surface area contributed by atoms with E-state index in [2.05, 4.69) is 11.1 Å². The van der Waals surface area contributed by atoms with Gasteiger partial charge in [-0.05, 0) is 12.1 Å². The first-order valence-corrected chi connectivity index (χ1v) is 4.38. The van der Waals surface area contributed by atoms with Crippen LogP contribution in [0.5, 0.6) is 0 Å². The van der Waals surface area contributed by atoms with E-state index in [4.69, 9.17) is 5.26 Å². The number of hydrogen-bond acceptors (Lipinski definition) is 1. The van der Waals surface area contributed by atoms with Gasteiger partial charge in [-0.1, -0.05) is 26.0 Å². The smallest absolute Gasteiger partial charge is 0.101 e. The Bertz CT molecular complexity index is 421. The lowest BCUT2D eigenvalue weighted by Gasteiger charge is -1.90. The zero-order valence-electron chi connectivity index (χ0n) is 7.83. The lowest BCUT2D eigenvalue weighted by atomic mass is 10.2. The van der Waals surface area contributed by atoms with Crippen LogP contribution in [0.4, 0.5) is 0 Å². The van der Waals surface area contributed by atoms with E-state index in [-0.39, 0.29) is 0 Å². The van der Waals surface area contributed by atoms with Crippen molar-refractivity contribution in [2.45, 2.75) is 13.8 Å². The number of nitriles is 1. The van der Waals surface area contributed by atoms with Crippen molar-refractivity contribution in [1.29, 1.82) is 5.26 Å². The van der Waals surface area contributed by atoms with Crippen molar-refractivity contribution in [3.8, 4) is 6.07 Å². The van der Waals surface area contributed by atoms with Crippen molar-refractivity contribution >= 4 is 10.9 Å². The lowest BCUT2D eigenvalue weighted by Crippen LogP contribution is -1.75. The number of aromatic nitrogens is 1. The van der Waals surface area contributed by atoms with Crippen molar-refractivity contribution in [2.24, 2.45) is 0 Å². The molecular formula is C11H12N2. The van der Waals surface area contributed by atoms with E-state index in [0.717, 1.165) is 10.9 Å². The minimum atomic E-state index is 0.701. The van der Waals surface area contributed by atoms with Crippen molar-refractivity contribution < 1.29 is 0 Å². The van der Waals surface area contributed by atoms with Gasteiger partial charge < -0.3 is 4.98 Å². The van der Waals surface area contributed by atoms with Crippen LogP contribution < -0.4 is 0 Å². The average molecular weight is 172 g/mol. The molecule has 0 aliphatic rings. The van der Waals surface area contributed by atoms with Gasteiger partial charge in [0.1, 0.15) is 6.07 Å². The van der Waals surface area contributed by atoms with E-state index in [1.807, 2.05) is 38.2 Å². The highest BCUT2D eigenvalue weighted by Gasteiger charge is 1.97. The van der Waals surface area contributed by atoms with E-state index in [9.17, 15) is 0 Å². The van der Waals surface area contributed by atoms with E-state index >= 15 is 0 Å².